The molecule has 1 atom stereocenters. The molecule has 2 aromatic heterocycles. The number of para-hydroxylation sites is 2. The first-order chi connectivity index (χ1) is 13.7. The van der Waals surface area contributed by atoms with E-state index >= 15 is 0 Å². The lowest BCUT2D eigenvalue weighted by Crippen LogP contribution is -2.46. The van der Waals surface area contributed by atoms with Gasteiger partial charge in [0, 0.05) is 38.3 Å². The molecular formula is C21H26N6O. The largest absolute Gasteiger partial charge is 0.368 e. The molecule has 3 aromatic rings. The standard InChI is InChI=1S/C21H26N6O/c1-15-6-4-10-22-19(15)23-11-12-24-21(28)27-13-5-7-16(14-27)20-25-17-8-2-3-9-18(17)26-20/h2-4,6,8-10,16H,5,7,11-14H2,1H3,(H,22,23)(H,24,28)(H,25,26)/t16-/m1/s1. The summed E-state index contributed by atoms with van der Waals surface area (Å²) in [5.41, 5.74) is 3.13. The third-order valence-corrected chi connectivity index (χ3v) is 5.21. The number of hydrogen-bond donors (Lipinski definition) is 3. The molecule has 3 heterocycles. The summed E-state index contributed by atoms with van der Waals surface area (Å²) in [7, 11) is 0. The first-order valence-corrected chi connectivity index (χ1v) is 9.83. The van der Waals surface area contributed by atoms with E-state index < -0.39 is 0 Å². The Balaban J connectivity index is 1.29. The number of rotatable bonds is 5. The van der Waals surface area contributed by atoms with Gasteiger partial charge in [-0.25, -0.2) is 14.8 Å². The molecule has 4 rings (SSSR count). The topological polar surface area (TPSA) is 85.9 Å². The minimum Gasteiger partial charge on any atom is -0.368 e. The molecule has 0 radical (unpaired) electrons. The minimum absolute atomic E-state index is 0.0136. The number of carbonyl (C=O) groups excluding carboxylic acids is 1. The number of anilines is 1. The number of likely N-dealkylation sites (tertiary alicyclic amines) is 1. The smallest absolute Gasteiger partial charge is 0.317 e. The first-order valence-electron chi connectivity index (χ1n) is 9.83. The van der Waals surface area contributed by atoms with Crippen LogP contribution < -0.4 is 10.6 Å². The van der Waals surface area contributed by atoms with Crippen LogP contribution in [-0.2, 0) is 0 Å². The van der Waals surface area contributed by atoms with Crippen LogP contribution in [0.25, 0.3) is 11.0 Å². The van der Waals surface area contributed by atoms with Crippen molar-refractivity contribution in [2.45, 2.75) is 25.7 Å². The maximum absolute atomic E-state index is 12.6. The van der Waals surface area contributed by atoms with Crippen LogP contribution >= 0.6 is 0 Å². The molecule has 0 bridgehead atoms. The number of nitrogens with zero attached hydrogens (tertiary/aromatic N) is 3. The number of amides is 2. The van der Waals surface area contributed by atoms with Gasteiger partial charge < -0.3 is 20.5 Å². The second-order valence-corrected chi connectivity index (χ2v) is 7.25. The van der Waals surface area contributed by atoms with Crippen molar-refractivity contribution < 1.29 is 4.79 Å². The maximum atomic E-state index is 12.6. The highest BCUT2D eigenvalue weighted by Crippen LogP contribution is 2.26. The van der Waals surface area contributed by atoms with Crippen molar-refractivity contribution in [1.29, 1.82) is 0 Å². The Bertz CT molecular complexity index is 920. The number of fused-ring (bicyclic) bond motifs is 1. The Morgan fingerprint density at radius 3 is 3.00 bits per heavy atom. The fraction of sp³-hybridized carbons (Fsp3) is 0.381. The number of H-pyrrole nitrogens is 1. The number of piperidine rings is 1. The molecule has 1 saturated heterocycles. The summed E-state index contributed by atoms with van der Waals surface area (Å²) < 4.78 is 0. The number of carbonyl (C=O) groups is 1. The average molecular weight is 378 g/mol. The van der Waals surface area contributed by atoms with E-state index in [1.165, 1.54) is 0 Å². The first kappa shape index (κ1) is 18.3. The normalized spacial score (nSPS) is 16.9. The molecule has 0 aliphatic carbocycles. The molecule has 1 aromatic carbocycles. The van der Waals surface area contributed by atoms with Crippen molar-refractivity contribution in [2.24, 2.45) is 0 Å². The Hall–Kier alpha value is -3.09. The van der Waals surface area contributed by atoms with Gasteiger partial charge in [0.1, 0.15) is 11.6 Å². The number of aromatic nitrogens is 3. The van der Waals surface area contributed by atoms with Gasteiger partial charge in [0.2, 0.25) is 0 Å². The quantitative estimate of drug-likeness (QED) is 0.595. The zero-order chi connectivity index (χ0) is 19.3. The zero-order valence-electron chi connectivity index (χ0n) is 16.1. The highest BCUT2D eigenvalue weighted by Gasteiger charge is 2.26. The summed E-state index contributed by atoms with van der Waals surface area (Å²) in [5.74, 6) is 2.09. The van der Waals surface area contributed by atoms with Crippen LogP contribution in [-0.4, -0.2) is 52.1 Å². The monoisotopic (exact) mass is 378 g/mol. The number of benzene rings is 1. The van der Waals surface area contributed by atoms with Gasteiger partial charge in [0.05, 0.1) is 11.0 Å². The van der Waals surface area contributed by atoms with E-state index in [-0.39, 0.29) is 11.9 Å². The van der Waals surface area contributed by atoms with E-state index in [0.717, 1.165) is 47.6 Å². The molecule has 2 amide bonds. The molecule has 0 spiro atoms. The van der Waals surface area contributed by atoms with E-state index in [1.54, 1.807) is 6.20 Å². The molecular weight excluding hydrogens is 352 g/mol. The van der Waals surface area contributed by atoms with Gasteiger partial charge in [-0.05, 0) is 43.5 Å². The summed E-state index contributed by atoms with van der Waals surface area (Å²) in [5, 5.41) is 6.27. The van der Waals surface area contributed by atoms with Crippen LogP contribution in [0.15, 0.2) is 42.6 Å². The van der Waals surface area contributed by atoms with Crippen molar-refractivity contribution in [1.82, 2.24) is 25.2 Å². The summed E-state index contributed by atoms with van der Waals surface area (Å²) in [6.07, 6.45) is 3.80. The van der Waals surface area contributed by atoms with Gasteiger partial charge in [0.15, 0.2) is 0 Å². The summed E-state index contributed by atoms with van der Waals surface area (Å²) in [4.78, 5) is 26.9. The van der Waals surface area contributed by atoms with Crippen LogP contribution in [0.5, 0.6) is 0 Å². The van der Waals surface area contributed by atoms with E-state index in [0.29, 0.717) is 19.6 Å². The second-order valence-electron chi connectivity index (χ2n) is 7.25. The average Bonchev–Trinajstić information content (AvgIpc) is 3.17. The third kappa shape index (κ3) is 4.08. The lowest BCUT2D eigenvalue weighted by molar-refractivity contribution is 0.179. The van der Waals surface area contributed by atoms with E-state index in [4.69, 9.17) is 4.98 Å². The molecule has 7 nitrogen and oxygen atoms in total. The van der Waals surface area contributed by atoms with Crippen molar-refractivity contribution in [3.8, 4) is 0 Å². The number of imidazole rings is 1. The fourth-order valence-electron chi connectivity index (χ4n) is 3.68. The van der Waals surface area contributed by atoms with Crippen molar-refractivity contribution in [3.05, 3.63) is 54.0 Å². The van der Waals surface area contributed by atoms with Gasteiger partial charge in [-0.15, -0.1) is 0 Å². The molecule has 1 fully saturated rings. The highest BCUT2D eigenvalue weighted by atomic mass is 16.2. The van der Waals surface area contributed by atoms with E-state index in [1.807, 2.05) is 48.2 Å². The Morgan fingerprint density at radius 1 is 1.25 bits per heavy atom. The maximum Gasteiger partial charge on any atom is 0.317 e. The predicted molar refractivity (Wildman–Crippen MR) is 111 cm³/mol. The molecule has 3 N–H and O–H groups in total. The molecule has 0 unspecified atom stereocenters. The van der Waals surface area contributed by atoms with Gasteiger partial charge in [0.25, 0.3) is 0 Å². The third-order valence-electron chi connectivity index (χ3n) is 5.21. The number of pyridine rings is 1. The van der Waals surface area contributed by atoms with Crippen molar-refractivity contribution in [3.63, 3.8) is 0 Å². The number of hydrogen-bond acceptors (Lipinski definition) is 4. The molecule has 7 heteroatoms. The summed E-state index contributed by atoms with van der Waals surface area (Å²) in [6, 6.07) is 12.0. The van der Waals surface area contributed by atoms with Crippen LogP contribution in [0, 0.1) is 6.92 Å². The van der Waals surface area contributed by atoms with Crippen LogP contribution in [0.4, 0.5) is 10.6 Å². The SMILES string of the molecule is Cc1cccnc1NCCNC(=O)N1CCC[C@@H](c2nc3ccccc3[nH]2)C1. The minimum atomic E-state index is -0.0136. The molecule has 0 saturated carbocycles. The van der Waals surface area contributed by atoms with Crippen molar-refractivity contribution >= 4 is 22.9 Å². The highest BCUT2D eigenvalue weighted by molar-refractivity contribution is 5.75. The Kier molecular flexibility index (Phi) is 5.41. The number of nitrogens with one attached hydrogen (secondary N) is 3. The van der Waals surface area contributed by atoms with Crippen LogP contribution in [0.1, 0.15) is 30.1 Å². The lowest BCUT2D eigenvalue weighted by Gasteiger charge is -2.31. The summed E-state index contributed by atoms with van der Waals surface area (Å²) in [6.45, 7) is 4.69. The van der Waals surface area contributed by atoms with Gasteiger partial charge in [-0.1, -0.05) is 18.2 Å². The predicted octanol–water partition coefficient (Wildman–Crippen LogP) is 3.27. The Labute approximate surface area is 164 Å². The van der Waals surface area contributed by atoms with E-state index in [9.17, 15) is 4.79 Å². The van der Waals surface area contributed by atoms with Crippen LogP contribution in [0.3, 0.4) is 0 Å². The second kappa shape index (κ2) is 8.29. The molecule has 1 aliphatic heterocycles. The molecule has 28 heavy (non-hydrogen) atoms. The lowest BCUT2D eigenvalue weighted by atomic mass is 9.98. The van der Waals surface area contributed by atoms with Gasteiger partial charge >= 0.3 is 6.03 Å². The molecule has 146 valence electrons. The number of aromatic amines is 1. The zero-order valence-corrected chi connectivity index (χ0v) is 16.1. The number of urea groups is 1. The van der Waals surface area contributed by atoms with Gasteiger partial charge in [-0.3, -0.25) is 0 Å². The van der Waals surface area contributed by atoms with Gasteiger partial charge in [-0.2, -0.15) is 0 Å². The number of aryl methyl sites for hydroxylation is 1. The fourth-order valence-corrected chi connectivity index (χ4v) is 3.68. The van der Waals surface area contributed by atoms with Crippen LogP contribution in [0.2, 0.25) is 0 Å². The summed E-state index contributed by atoms with van der Waals surface area (Å²) >= 11 is 0. The van der Waals surface area contributed by atoms with E-state index in [2.05, 4.69) is 20.6 Å². The molecule has 1 aliphatic rings. The Morgan fingerprint density at radius 2 is 2.14 bits per heavy atom. The van der Waals surface area contributed by atoms with Crippen molar-refractivity contribution in [2.75, 3.05) is 31.5 Å².